The molecule has 0 aliphatic rings. The van der Waals surface area contributed by atoms with Gasteiger partial charge in [-0.05, 0) is 69.5 Å². The number of carbonyl (C=O) groups is 1. The normalized spacial score (nSPS) is 11.5. The second-order valence-electron chi connectivity index (χ2n) is 8.22. The topological polar surface area (TPSA) is 68.0 Å². The molecule has 4 nitrogen and oxygen atoms in total. The number of nitrogen functional groups attached to an aromatic ring is 1. The molecular weight excluding hydrogens is 366 g/mol. The van der Waals surface area contributed by atoms with Crippen molar-refractivity contribution in [2.75, 3.05) is 5.73 Å². The van der Waals surface area contributed by atoms with Crippen LogP contribution in [0.5, 0.6) is 0 Å². The minimum Gasteiger partial charge on any atom is -0.399 e. The Bertz CT molecular complexity index is 998. The van der Waals surface area contributed by atoms with E-state index in [4.69, 9.17) is 10.7 Å². The molecule has 0 atom stereocenters. The summed E-state index contributed by atoms with van der Waals surface area (Å²) in [4.78, 5) is 17.1. The van der Waals surface area contributed by atoms with Crippen LogP contribution in [-0.4, -0.2) is 16.4 Å². The standard InChI is InChI=1S/C23H27N3OS/c1-14-11-19(24)15(2)10-18(14)12-21-25-20(13-28-21)16-6-8-17(9-7-16)22(27)26-23(3,4)5/h6-11,13H,12,24H2,1-5H3,(H,26,27). The first-order valence-electron chi connectivity index (χ1n) is 9.35. The van der Waals surface area contributed by atoms with Crippen molar-refractivity contribution in [2.24, 2.45) is 0 Å². The fraction of sp³-hybridized carbons (Fsp3) is 0.304. The lowest BCUT2D eigenvalue weighted by molar-refractivity contribution is 0.0919. The van der Waals surface area contributed by atoms with Crippen molar-refractivity contribution < 1.29 is 4.79 Å². The number of nitrogens with two attached hydrogens (primary N) is 1. The minimum absolute atomic E-state index is 0.0628. The lowest BCUT2D eigenvalue weighted by atomic mass is 10.0. The van der Waals surface area contributed by atoms with Gasteiger partial charge in [0.05, 0.1) is 10.7 Å². The smallest absolute Gasteiger partial charge is 0.251 e. The average Bonchev–Trinajstić information content (AvgIpc) is 3.07. The van der Waals surface area contributed by atoms with E-state index < -0.39 is 0 Å². The van der Waals surface area contributed by atoms with E-state index in [0.717, 1.165) is 33.9 Å². The number of hydrogen-bond acceptors (Lipinski definition) is 4. The summed E-state index contributed by atoms with van der Waals surface area (Å²) < 4.78 is 0. The Labute approximate surface area is 170 Å². The maximum absolute atomic E-state index is 12.3. The highest BCUT2D eigenvalue weighted by atomic mass is 32.1. The van der Waals surface area contributed by atoms with Crippen molar-refractivity contribution in [1.82, 2.24) is 10.3 Å². The number of thiazole rings is 1. The minimum atomic E-state index is -0.252. The third-order valence-electron chi connectivity index (χ3n) is 4.55. The molecule has 3 rings (SSSR count). The van der Waals surface area contributed by atoms with Crippen LogP contribution < -0.4 is 11.1 Å². The number of aromatic nitrogens is 1. The number of nitrogens with one attached hydrogen (secondary N) is 1. The molecular formula is C23H27N3OS. The number of anilines is 1. The van der Waals surface area contributed by atoms with Crippen LogP contribution in [-0.2, 0) is 6.42 Å². The second-order valence-corrected chi connectivity index (χ2v) is 9.16. The van der Waals surface area contributed by atoms with Crippen molar-refractivity contribution in [3.8, 4) is 11.3 Å². The highest BCUT2D eigenvalue weighted by Crippen LogP contribution is 2.26. The maximum Gasteiger partial charge on any atom is 0.251 e. The number of aryl methyl sites for hydroxylation is 2. The van der Waals surface area contributed by atoms with Crippen LogP contribution in [0.15, 0.2) is 41.8 Å². The highest BCUT2D eigenvalue weighted by Gasteiger charge is 2.15. The number of amides is 1. The summed E-state index contributed by atoms with van der Waals surface area (Å²) in [7, 11) is 0. The van der Waals surface area contributed by atoms with E-state index in [1.165, 1.54) is 11.1 Å². The quantitative estimate of drug-likeness (QED) is 0.604. The SMILES string of the molecule is Cc1cc(Cc2nc(-c3ccc(C(=O)NC(C)(C)C)cc3)cs2)c(C)cc1N. The Morgan fingerprint density at radius 2 is 1.79 bits per heavy atom. The molecule has 146 valence electrons. The summed E-state index contributed by atoms with van der Waals surface area (Å²) in [6.45, 7) is 10.0. The molecule has 0 saturated heterocycles. The zero-order valence-corrected chi connectivity index (χ0v) is 17.9. The van der Waals surface area contributed by atoms with Crippen molar-refractivity contribution in [2.45, 2.75) is 46.6 Å². The lowest BCUT2D eigenvalue weighted by Gasteiger charge is -2.20. The molecule has 0 saturated carbocycles. The van der Waals surface area contributed by atoms with E-state index >= 15 is 0 Å². The zero-order valence-electron chi connectivity index (χ0n) is 17.1. The van der Waals surface area contributed by atoms with Gasteiger partial charge < -0.3 is 11.1 Å². The van der Waals surface area contributed by atoms with Crippen LogP contribution in [0.4, 0.5) is 5.69 Å². The summed E-state index contributed by atoms with van der Waals surface area (Å²) in [6.07, 6.45) is 0.795. The van der Waals surface area contributed by atoms with Gasteiger partial charge in [-0.25, -0.2) is 4.98 Å². The van der Waals surface area contributed by atoms with Crippen molar-refractivity contribution in [3.63, 3.8) is 0 Å². The monoisotopic (exact) mass is 393 g/mol. The predicted molar refractivity (Wildman–Crippen MR) is 118 cm³/mol. The molecule has 3 N–H and O–H groups in total. The van der Waals surface area contributed by atoms with Crippen molar-refractivity contribution >= 4 is 22.9 Å². The number of benzene rings is 2. The van der Waals surface area contributed by atoms with Crippen LogP contribution in [0.1, 0.15) is 52.8 Å². The van der Waals surface area contributed by atoms with Gasteiger partial charge in [0.1, 0.15) is 0 Å². The van der Waals surface area contributed by atoms with E-state index in [-0.39, 0.29) is 11.4 Å². The van der Waals surface area contributed by atoms with E-state index in [9.17, 15) is 4.79 Å². The third kappa shape index (κ3) is 4.78. The molecule has 5 heteroatoms. The zero-order chi connectivity index (χ0) is 20.5. The van der Waals surface area contributed by atoms with Gasteiger partial charge in [0.15, 0.2) is 0 Å². The van der Waals surface area contributed by atoms with E-state index in [1.54, 1.807) is 11.3 Å². The van der Waals surface area contributed by atoms with Gasteiger partial charge in [-0.1, -0.05) is 18.2 Å². The molecule has 2 aromatic carbocycles. The predicted octanol–water partition coefficient (Wildman–Crippen LogP) is 5.13. The van der Waals surface area contributed by atoms with Gasteiger partial charge in [0, 0.05) is 34.2 Å². The first-order valence-corrected chi connectivity index (χ1v) is 10.2. The van der Waals surface area contributed by atoms with E-state index in [1.807, 2.05) is 58.0 Å². The largest absolute Gasteiger partial charge is 0.399 e. The molecule has 1 amide bonds. The van der Waals surface area contributed by atoms with Gasteiger partial charge in [-0.3, -0.25) is 4.79 Å². The van der Waals surface area contributed by atoms with E-state index in [2.05, 4.69) is 23.7 Å². The molecule has 1 aromatic heterocycles. The molecule has 0 aliphatic carbocycles. The molecule has 0 fully saturated rings. The number of rotatable bonds is 4. The maximum atomic E-state index is 12.3. The Hall–Kier alpha value is -2.66. The Morgan fingerprint density at radius 1 is 1.11 bits per heavy atom. The Balaban J connectivity index is 1.75. The summed E-state index contributed by atoms with van der Waals surface area (Å²) in [6, 6.07) is 11.8. The van der Waals surface area contributed by atoms with Gasteiger partial charge in [-0.15, -0.1) is 11.3 Å². The highest BCUT2D eigenvalue weighted by molar-refractivity contribution is 7.10. The van der Waals surface area contributed by atoms with Crippen LogP contribution in [0.3, 0.4) is 0 Å². The Kier molecular flexibility index (Phi) is 5.57. The van der Waals surface area contributed by atoms with Crippen molar-refractivity contribution in [3.05, 3.63) is 69.0 Å². The number of nitrogens with zero attached hydrogens (tertiary/aromatic N) is 1. The van der Waals surface area contributed by atoms with E-state index in [0.29, 0.717) is 5.56 Å². The lowest BCUT2D eigenvalue weighted by Crippen LogP contribution is -2.40. The van der Waals surface area contributed by atoms with Crippen LogP contribution in [0, 0.1) is 13.8 Å². The third-order valence-corrected chi connectivity index (χ3v) is 5.40. The average molecular weight is 394 g/mol. The molecule has 0 unspecified atom stereocenters. The first kappa shape index (κ1) is 20.1. The molecule has 0 bridgehead atoms. The summed E-state index contributed by atoms with van der Waals surface area (Å²) in [5, 5.41) is 6.11. The molecule has 3 aromatic rings. The van der Waals surface area contributed by atoms with Crippen LogP contribution in [0.25, 0.3) is 11.3 Å². The summed E-state index contributed by atoms with van der Waals surface area (Å²) in [5.74, 6) is -0.0628. The number of hydrogen-bond donors (Lipinski definition) is 2. The molecule has 0 aliphatic heterocycles. The summed E-state index contributed by atoms with van der Waals surface area (Å²) in [5.41, 5.74) is 12.7. The molecule has 0 spiro atoms. The Morgan fingerprint density at radius 3 is 2.43 bits per heavy atom. The van der Waals surface area contributed by atoms with Crippen LogP contribution >= 0.6 is 11.3 Å². The fourth-order valence-corrected chi connectivity index (χ4v) is 3.81. The molecule has 0 radical (unpaired) electrons. The molecule has 1 heterocycles. The van der Waals surface area contributed by atoms with Crippen molar-refractivity contribution in [1.29, 1.82) is 0 Å². The molecule has 28 heavy (non-hydrogen) atoms. The van der Waals surface area contributed by atoms with Crippen LogP contribution in [0.2, 0.25) is 0 Å². The van der Waals surface area contributed by atoms with Gasteiger partial charge in [-0.2, -0.15) is 0 Å². The second kappa shape index (κ2) is 7.76. The van der Waals surface area contributed by atoms with Gasteiger partial charge in [0.25, 0.3) is 5.91 Å². The van der Waals surface area contributed by atoms with Gasteiger partial charge >= 0.3 is 0 Å². The summed E-state index contributed by atoms with van der Waals surface area (Å²) >= 11 is 1.65. The fourth-order valence-electron chi connectivity index (χ4n) is 2.98. The first-order chi connectivity index (χ1) is 13.1. The van der Waals surface area contributed by atoms with Gasteiger partial charge in [0.2, 0.25) is 0 Å². The number of carbonyl (C=O) groups excluding carboxylic acids is 1.